The lowest BCUT2D eigenvalue weighted by molar-refractivity contribution is -0.0692. The normalized spacial score (nSPS) is 21.8. The molecule has 2 saturated heterocycles. The highest BCUT2D eigenvalue weighted by molar-refractivity contribution is 7.89. The quantitative estimate of drug-likeness (QED) is 0.613. The fourth-order valence-corrected chi connectivity index (χ4v) is 5.77. The summed E-state index contributed by atoms with van der Waals surface area (Å²) in [6.07, 6.45) is -0.488. The number of carbonyl (C=O) groups excluding carboxylic acids is 1. The van der Waals surface area contributed by atoms with Gasteiger partial charge in [0.1, 0.15) is 6.10 Å². The summed E-state index contributed by atoms with van der Waals surface area (Å²) in [4.78, 5) is 15.4. The maximum absolute atomic E-state index is 13.7. The lowest BCUT2D eigenvalue weighted by Gasteiger charge is -2.37. The molecular weight excluding hydrogens is 460 g/mol. The van der Waals surface area contributed by atoms with Crippen LogP contribution in [0.1, 0.15) is 28.9 Å². The molecule has 2 aromatic rings. The van der Waals surface area contributed by atoms with E-state index in [4.69, 9.17) is 18.9 Å². The maximum atomic E-state index is 13.7. The van der Waals surface area contributed by atoms with E-state index in [1.165, 1.54) is 30.7 Å². The number of amides is 1. The van der Waals surface area contributed by atoms with E-state index in [2.05, 4.69) is 0 Å². The molecule has 0 spiro atoms. The molecule has 0 bridgehead atoms. The zero-order valence-electron chi connectivity index (χ0n) is 19.6. The first-order chi connectivity index (χ1) is 16.3. The fourth-order valence-electron chi connectivity index (χ4n) is 4.32. The molecule has 34 heavy (non-hydrogen) atoms. The van der Waals surface area contributed by atoms with Crippen LogP contribution in [0.2, 0.25) is 0 Å². The molecule has 2 aliphatic heterocycles. The number of carbonyl (C=O) groups is 1. The smallest absolute Gasteiger partial charge is 0.258 e. The van der Waals surface area contributed by atoms with Gasteiger partial charge in [0.15, 0.2) is 11.5 Å². The summed E-state index contributed by atoms with van der Waals surface area (Å²) in [5.41, 5.74) is 1.11. The van der Waals surface area contributed by atoms with Crippen molar-refractivity contribution in [2.45, 2.75) is 24.0 Å². The Morgan fingerprint density at radius 3 is 2.38 bits per heavy atom. The van der Waals surface area contributed by atoms with E-state index in [9.17, 15) is 13.2 Å². The Bertz CT molecular complexity index is 1120. The van der Waals surface area contributed by atoms with Crippen LogP contribution in [0.5, 0.6) is 11.5 Å². The predicted molar refractivity (Wildman–Crippen MR) is 125 cm³/mol. The summed E-state index contributed by atoms with van der Waals surface area (Å²) in [5.74, 6) is 0.0372. The molecule has 0 aromatic heterocycles. The average Bonchev–Trinajstić information content (AvgIpc) is 2.88. The second-order valence-electron chi connectivity index (χ2n) is 8.28. The van der Waals surface area contributed by atoms with E-state index in [0.717, 1.165) is 5.56 Å². The minimum atomic E-state index is -3.85. The lowest BCUT2D eigenvalue weighted by Crippen LogP contribution is -2.46. The van der Waals surface area contributed by atoms with Gasteiger partial charge in [-0.1, -0.05) is 30.3 Å². The first kappa shape index (κ1) is 24.5. The molecule has 2 aliphatic rings. The zero-order valence-corrected chi connectivity index (χ0v) is 20.4. The minimum Gasteiger partial charge on any atom is -0.493 e. The van der Waals surface area contributed by atoms with Gasteiger partial charge in [-0.25, -0.2) is 8.42 Å². The van der Waals surface area contributed by atoms with Crippen molar-refractivity contribution in [2.24, 2.45) is 0 Å². The second kappa shape index (κ2) is 10.3. The van der Waals surface area contributed by atoms with Gasteiger partial charge in [0.2, 0.25) is 10.0 Å². The molecule has 0 N–H and O–H groups in total. The van der Waals surface area contributed by atoms with E-state index >= 15 is 0 Å². The standard InChI is InChI=1S/C24H30N2O7S/c1-17-15-25(16-22(33-17)18-7-5-4-6-8-18)24(27)20-13-19(14-21(30-2)23(20)31-3)34(28,29)26-9-11-32-12-10-26/h4-8,13-14,17,22H,9-12,15-16H2,1-3H3. The summed E-state index contributed by atoms with van der Waals surface area (Å²) in [5, 5.41) is 0. The summed E-state index contributed by atoms with van der Waals surface area (Å²) in [6.45, 7) is 3.76. The van der Waals surface area contributed by atoms with Crippen molar-refractivity contribution >= 4 is 15.9 Å². The Morgan fingerprint density at radius 2 is 1.74 bits per heavy atom. The molecule has 4 rings (SSSR count). The van der Waals surface area contributed by atoms with E-state index in [-0.39, 0.29) is 53.2 Å². The molecule has 2 aromatic carbocycles. The number of hydrogen-bond donors (Lipinski definition) is 0. The van der Waals surface area contributed by atoms with E-state index in [1.807, 2.05) is 37.3 Å². The van der Waals surface area contributed by atoms with Crippen molar-refractivity contribution in [3.63, 3.8) is 0 Å². The molecular formula is C24H30N2O7S. The summed E-state index contributed by atoms with van der Waals surface area (Å²) >= 11 is 0. The van der Waals surface area contributed by atoms with Crippen molar-refractivity contribution in [3.05, 3.63) is 53.6 Å². The monoisotopic (exact) mass is 490 g/mol. The van der Waals surface area contributed by atoms with Gasteiger partial charge in [-0.3, -0.25) is 4.79 Å². The van der Waals surface area contributed by atoms with Crippen LogP contribution in [0.25, 0.3) is 0 Å². The van der Waals surface area contributed by atoms with Gasteiger partial charge in [0.05, 0.1) is 50.5 Å². The summed E-state index contributed by atoms with van der Waals surface area (Å²) in [6, 6.07) is 12.5. The Balaban J connectivity index is 1.70. The summed E-state index contributed by atoms with van der Waals surface area (Å²) < 4.78 is 50.3. The van der Waals surface area contributed by atoms with Crippen LogP contribution in [-0.4, -0.2) is 83.2 Å². The second-order valence-corrected chi connectivity index (χ2v) is 10.2. The van der Waals surface area contributed by atoms with E-state index in [0.29, 0.717) is 26.3 Å². The highest BCUT2D eigenvalue weighted by Gasteiger charge is 2.34. The molecule has 2 heterocycles. The van der Waals surface area contributed by atoms with Gasteiger partial charge in [-0.05, 0) is 18.6 Å². The van der Waals surface area contributed by atoms with E-state index in [1.54, 1.807) is 4.90 Å². The fraction of sp³-hybridized carbons (Fsp3) is 0.458. The minimum absolute atomic E-state index is 0.0173. The summed E-state index contributed by atoms with van der Waals surface area (Å²) in [7, 11) is -1.00. The molecule has 2 unspecified atom stereocenters. The highest BCUT2D eigenvalue weighted by Crippen LogP contribution is 2.37. The Labute approximate surface area is 200 Å². The lowest BCUT2D eigenvalue weighted by atomic mass is 10.1. The van der Waals surface area contributed by atoms with Crippen molar-refractivity contribution in [1.82, 2.24) is 9.21 Å². The number of ether oxygens (including phenoxy) is 4. The van der Waals surface area contributed by atoms with Crippen LogP contribution in [0.4, 0.5) is 0 Å². The Hall–Kier alpha value is -2.66. The van der Waals surface area contributed by atoms with Crippen LogP contribution >= 0.6 is 0 Å². The first-order valence-corrected chi connectivity index (χ1v) is 12.6. The van der Waals surface area contributed by atoms with E-state index < -0.39 is 10.0 Å². The molecule has 0 aliphatic carbocycles. The van der Waals surface area contributed by atoms with Gasteiger partial charge in [-0.15, -0.1) is 0 Å². The Morgan fingerprint density at radius 1 is 1.03 bits per heavy atom. The van der Waals surface area contributed by atoms with Crippen molar-refractivity contribution in [3.8, 4) is 11.5 Å². The van der Waals surface area contributed by atoms with Crippen LogP contribution < -0.4 is 9.47 Å². The molecule has 1 amide bonds. The van der Waals surface area contributed by atoms with Crippen LogP contribution in [-0.2, 0) is 19.5 Å². The number of methoxy groups -OCH3 is 2. The van der Waals surface area contributed by atoms with Crippen LogP contribution in [0, 0.1) is 0 Å². The van der Waals surface area contributed by atoms with Gasteiger partial charge in [0.25, 0.3) is 5.91 Å². The molecule has 2 fully saturated rings. The molecule has 10 heteroatoms. The third-order valence-corrected chi connectivity index (χ3v) is 7.89. The van der Waals surface area contributed by atoms with Crippen molar-refractivity contribution in [1.29, 1.82) is 0 Å². The molecule has 0 saturated carbocycles. The third kappa shape index (κ3) is 4.90. The van der Waals surface area contributed by atoms with Gasteiger partial charge in [0, 0.05) is 25.7 Å². The zero-order chi connectivity index (χ0) is 24.3. The Kier molecular flexibility index (Phi) is 7.42. The predicted octanol–water partition coefficient (Wildman–Crippen LogP) is 2.33. The van der Waals surface area contributed by atoms with Gasteiger partial charge >= 0.3 is 0 Å². The number of morpholine rings is 2. The maximum Gasteiger partial charge on any atom is 0.258 e. The van der Waals surface area contributed by atoms with Crippen molar-refractivity contribution < 1.29 is 32.2 Å². The number of hydrogen-bond acceptors (Lipinski definition) is 7. The number of rotatable bonds is 6. The van der Waals surface area contributed by atoms with Gasteiger partial charge < -0.3 is 23.8 Å². The van der Waals surface area contributed by atoms with Crippen molar-refractivity contribution in [2.75, 3.05) is 53.6 Å². The highest BCUT2D eigenvalue weighted by atomic mass is 32.2. The molecule has 0 radical (unpaired) electrons. The van der Waals surface area contributed by atoms with Crippen LogP contribution in [0.3, 0.4) is 0 Å². The molecule has 184 valence electrons. The number of benzene rings is 2. The third-order valence-electron chi connectivity index (χ3n) is 6.01. The van der Waals surface area contributed by atoms with Crippen LogP contribution in [0.15, 0.2) is 47.4 Å². The SMILES string of the molecule is COc1cc(S(=O)(=O)N2CCOCC2)cc(C(=O)N2CC(C)OC(c3ccccc3)C2)c1OC. The number of nitrogens with zero attached hydrogens (tertiary/aromatic N) is 2. The largest absolute Gasteiger partial charge is 0.493 e. The first-order valence-electron chi connectivity index (χ1n) is 11.2. The topological polar surface area (TPSA) is 94.6 Å². The molecule has 9 nitrogen and oxygen atoms in total. The van der Waals surface area contributed by atoms with Gasteiger partial charge in [-0.2, -0.15) is 4.31 Å². The average molecular weight is 491 g/mol. The molecule has 2 atom stereocenters. The number of sulfonamides is 1.